The molecule has 0 aromatic heterocycles. The van der Waals surface area contributed by atoms with Gasteiger partial charge in [-0.05, 0) is 43.3 Å². The van der Waals surface area contributed by atoms with Crippen molar-refractivity contribution in [3.05, 3.63) is 40.9 Å². The zero-order chi connectivity index (χ0) is 16.5. The van der Waals surface area contributed by atoms with Crippen LogP contribution in [0.3, 0.4) is 0 Å². The highest BCUT2D eigenvalue weighted by Crippen LogP contribution is 2.21. The van der Waals surface area contributed by atoms with Crippen LogP contribution in [0.15, 0.2) is 40.4 Å². The number of hydrazone groups is 1. The van der Waals surface area contributed by atoms with E-state index < -0.39 is 0 Å². The molecule has 4 nitrogen and oxygen atoms in total. The second-order valence-electron chi connectivity index (χ2n) is 5.46. The summed E-state index contributed by atoms with van der Waals surface area (Å²) in [4.78, 5) is 0. The van der Waals surface area contributed by atoms with Crippen LogP contribution in [-0.2, 0) is 0 Å². The molecule has 1 aromatic carbocycles. The first kappa shape index (κ1) is 17.9. The molecule has 1 aliphatic rings. The van der Waals surface area contributed by atoms with Crippen LogP contribution in [0.25, 0.3) is 0 Å². The number of hydrogen-bond acceptors (Lipinski definition) is 3. The van der Waals surface area contributed by atoms with Crippen molar-refractivity contribution in [3.63, 3.8) is 0 Å². The van der Waals surface area contributed by atoms with Crippen molar-refractivity contribution < 1.29 is 4.74 Å². The molecule has 0 heterocycles. The number of thiocarbonyl (C=S) groups is 1. The van der Waals surface area contributed by atoms with Crippen LogP contribution < -0.4 is 15.5 Å². The summed E-state index contributed by atoms with van der Waals surface area (Å²) in [7, 11) is 0. The third kappa shape index (κ3) is 6.31. The van der Waals surface area contributed by atoms with Crippen LogP contribution in [-0.4, -0.2) is 24.0 Å². The van der Waals surface area contributed by atoms with Gasteiger partial charge < -0.3 is 10.1 Å². The highest BCUT2D eigenvalue weighted by atomic mass is 79.9. The van der Waals surface area contributed by atoms with Gasteiger partial charge in [0, 0.05) is 16.1 Å². The van der Waals surface area contributed by atoms with E-state index in [0.717, 1.165) is 15.8 Å². The van der Waals surface area contributed by atoms with Gasteiger partial charge in [0.2, 0.25) is 0 Å². The summed E-state index contributed by atoms with van der Waals surface area (Å²) in [6.45, 7) is 4.12. The van der Waals surface area contributed by atoms with E-state index in [1.165, 1.54) is 32.1 Å². The normalized spacial score (nSPS) is 15.3. The fourth-order valence-electron chi connectivity index (χ4n) is 2.49. The Morgan fingerprint density at radius 1 is 1.39 bits per heavy atom. The highest BCUT2D eigenvalue weighted by Gasteiger charge is 2.13. The van der Waals surface area contributed by atoms with Gasteiger partial charge in [-0.1, -0.05) is 47.8 Å². The first-order valence-electron chi connectivity index (χ1n) is 7.82. The molecule has 1 aromatic rings. The molecular formula is C17H22BrN3OS. The number of halogens is 1. The number of ether oxygens (including phenoxy) is 1. The molecule has 124 valence electrons. The van der Waals surface area contributed by atoms with E-state index in [1.807, 2.05) is 18.2 Å². The van der Waals surface area contributed by atoms with Crippen molar-refractivity contribution in [1.82, 2.24) is 10.7 Å². The molecule has 2 rings (SSSR count). The summed E-state index contributed by atoms with van der Waals surface area (Å²) in [5, 5.41) is 8.10. The standard InChI is InChI=1S/C17H22BrN3OS/c1-2-10-22-15-8-9-16(18)13(11-15)12-19-21-17(23)20-14-6-4-3-5-7-14/h2,8-9,11-12,14H,1,3-7,10H2,(H2,20,21,23)/b19-12+. The Morgan fingerprint density at radius 2 is 2.17 bits per heavy atom. The molecule has 2 N–H and O–H groups in total. The van der Waals surface area contributed by atoms with E-state index in [4.69, 9.17) is 17.0 Å². The molecule has 1 fully saturated rings. The largest absolute Gasteiger partial charge is 0.490 e. The Labute approximate surface area is 151 Å². The number of benzene rings is 1. The summed E-state index contributed by atoms with van der Waals surface area (Å²) in [5.74, 6) is 0.775. The zero-order valence-corrected chi connectivity index (χ0v) is 15.5. The minimum absolute atomic E-state index is 0.473. The van der Waals surface area contributed by atoms with E-state index in [2.05, 4.69) is 38.4 Å². The fraction of sp³-hybridized carbons (Fsp3) is 0.412. The number of hydrogen-bond donors (Lipinski definition) is 2. The van der Waals surface area contributed by atoms with Gasteiger partial charge in [0.15, 0.2) is 5.11 Å². The van der Waals surface area contributed by atoms with E-state index in [1.54, 1.807) is 12.3 Å². The van der Waals surface area contributed by atoms with Gasteiger partial charge >= 0.3 is 0 Å². The van der Waals surface area contributed by atoms with Crippen molar-refractivity contribution >= 4 is 39.5 Å². The summed E-state index contributed by atoms with van der Waals surface area (Å²) < 4.78 is 6.46. The maximum absolute atomic E-state index is 5.52. The molecule has 0 radical (unpaired) electrons. The Kier molecular flexibility index (Phi) is 7.55. The van der Waals surface area contributed by atoms with Gasteiger partial charge in [0.25, 0.3) is 0 Å². The molecule has 6 heteroatoms. The lowest BCUT2D eigenvalue weighted by molar-refractivity contribution is 0.363. The summed E-state index contributed by atoms with van der Waals surface area (Å²) in [6.07, 6.45) is 9.67. The minimum Gasteiger partial charge on any atom is -0.490 e. The van der Waals surface area contributed by atoms with E-state index >= 15 is 0 Å². The maximum Gasteiger partial charge on any atom is 0.187 e. The highest BCUT2D eigenvalue weighted by molar-refractivity contribution is 9.10. The van der Waals surface area contributed by atoms with E-state index in [9.17, 15) is 0 Å². The van der Waals surface area contributed by atoms with Crippen molar-refractivity contribution in [2.75, 3.05) is 6.61 Å². The number of rotatable bonds is 6. The van der Waals surface area contributed by atoms with Crippen LogP contribution in [0, 0.1) is 0 Å². The molecule has 0 spiro atoms. The van der Waals surface area contributed by atoms with Crippen LogP contribution in [0.2, 0.25) is 0 Å². The molecular weight excluding hydrogens is 374 g/mol. The Hall–Kier alpha value is -1.40. The van der Waals surface area contributed by atoms with Crippen LogP contribution in [0.5, 0.6) is 5.75 Å². The lowest BCUT2D eigenvalue weighted by atomic mass is 9.96. The fourth-order valence-corrected chi connectivity index (χ4v) is 3.06. The van der Waals surface area contributed by atoms with Crippen LogP contribution in [0.4, 0.5) is 0 Å². The zero-order valence-electron chi connectivity index (χ0n) is 13.1. The van der Waals surface area contributed by atoms with Crippen LogP contribution >= 0.6 is 28.1 Å². The summed E-state index contributed by atoms with van der Waals surface area (Å²) >= 11 is 8.78. The van der Waals surface area contributed by atoms with Crippen LogP contribution in [0.1, 0.15) is 37.7 Å². The lowest BCUT2D eigenvalue weighted by Gasteiger charge is -2.23. The molecule has 23 heavy (non-hydrogen) atoms. The predicted octanol–water partition coefficient (Wildman–Crippen LogP) is 4.14. The molecule has 0 amide bonds. The van der Waals surface area contributed by atoms with E-state index in [-0.39, 0.29) is 0 Å². The Morgan fingerprint density at radius 3 is 2.91 bits per heavy atom. The minimum atomic E-state index is 0.473. The van der Waals surface area contributed by atoms with Gasteiger partial charge in [-0.3, -0.25) is 5.43 Å². The van der Waals surface area contributed by atoms with E-state index in [0.29, 0.717) is 17.8 Å². The molecule has 1 aliphatic carbocycles. The average molecular weight is 396 g/mol. The quantitative estimate of drug-likeness (QED) is 0.328. The van der Waals surface area contributed by atoms with Crippen molar-refractivity contribution in [1.29, 1.82) is 0 Å². The van der Waals surface area contributed by atoms with Crippen molar-refractivity contribution in [3.8, 4) is 5.75 Å². The van der Waals surface area contributed by atoms with Crippen molar-refractivity contribution in [2.45, 2.75) is 38.1 Å². The lowest BCUT2D eigenvalue weighted by Crippen LogP contribution is -2.40. The molecule has 0 unspecified atom stereocenters. The predicted molar refractivity (Wildman–Crippen MR) is 103 cm³/mol. The first-order chi connectivity index (χ1) is 11.2. The van der Waals surface area contributed by atoms with Gasteiger partial charge in [-0.25, -0.2) is 0 Å². The molecule has 0 bridgehead atoms. The Balaban J connectivity index is 1.86. The monoisotopic (exact) mass is 395 g/mol. The number of nitrogens with one attached hydrogen (secondary N) is 2. The summed E-state index contributed by atoms with van der Waals surface area (Å²) in [6, 6.07) is 6.21. The number of nitrogens with zero attached hydrogens (tertiary/aromatic N) is 1. The second-order valence-corrected chi connectivity index (χ2v) is 6.72. The molecule has 0 atom stereocenters. The Bertz CT molecular complexity index is 571. The average Bonchev–Trinajstić information content (AvgIpc) is 2.56. The molecule has 0 saturated heterocycles. The maximum atomic E-state index is 5.52. The SMILES string of the molecule is C=CCOc1ccc(Br)c(/C=N/NC(=S)NC2CCCCC2)c1. The molecule has 1 saturated carbocycles. The second kappa shape index (κ2) is 9.67. The first-order valence-corrected chi connectivity index (χ1v) is 9.02. The van der Waals surface area contributed by atoms with Crippen molar-refractivity contribution in [2.24, 2.45) is 5.10 Å². The third-order valence-corrected chi connectivity index (χ3v) is 4.58. The van der Waals surface area contributed by atoms with Gasteiger partial charge in [-0.2, -0.15) is 5.10 Å². The smallest absolute Gasteiger partial charge is 0.187 e. The molecule has 0 aliphatic heterocycles. The van der Waals surface area contributed by atoms with Gasteiger partial charge in [0.1, 0.15) is 12.4 Å². The van der Waals surface area contributed by atoms with Gasteiger partial charge in [-0.15, -0.1) is 0 Å². The van der Waals surface area contributed by atoms with Gasteiger partial charge in [0.05, 0.1) is 6.21 Å². The topological polar surface area (TPSA) is 45.6 Å². The summed E-state index contributed by atoms with van der Waals surface area (Å²) in [5.41, 5.74) is 3.80. The third-order valence-electron chi connectivity index (χ3n) is 3.65.